The number of anilines is 1. The molecule has 130 valence electrons. The van der Waals surface area contributed by atoms with Crippen LogP contribution in [0.3, 0.4) is 0 Å². The van der Waals surface area contributed by atoms with Gasteiger partial charge in [0.2, 0.25) is 0 Å². The van der Waals surface area contributed by atoms with E-state index >= 15 is 0 Å². The number of aliphatic carboxylic acids is 1. The Morgan fingerprint density at radius 1 is 1.38 bits per heavy atom. The Hall–Kier alpha value is -2.24. The Labute approximate surface area is 141 Å². The maximum Gasteiger partial charge on any atom is 0.322 e. The van der Waals surface area contributed by atoms with E-state index in [9.17, 15) is 14.7 Å². The van der Waals surface area contributed by atoms with Crippen molar-refractivity contribution in [1.82, 2.24) is 4.90 Å². The SMILES string of the molecule is COc1ccc(C)c2c1NC(=O)N(C1CCC(C)(C(=O)O)CC1)C2. The van der Waals surface area contributed by atoms with Gasteiger partial charge in [-0.25, -0.2) is 4.79 Å². The van der Waals surface area contributed by atoms with Gasteiger partial charge >= 0.3 is 12.0 Å². The first kappa shape index (κ1) is 16.6. The molecule has 1 aliphatic carbocycles. The molecule has 0 radical (unpaired) electrons. The molecule has 1 heterocycles. The Morgan fingerprint density at radius 2 is 2.04 bits per heavy atom. The molecule has 0 unspecified atom stereocenters. The normalized spacial score (nSPS) is 26.5. The number of ether oxygens (including phenoxy) is 1. The van der Waals surface area contributed by atoms with Gasteiger partial charge in [-0.3, -0.25) is 4.79 Å². The number of rotatable bonds is 3. The zero-order valence-electron chi connectivity index (χ0n) is 14.4. The van der Waals surface area contributed by atoms with Crippen molar-refractivity contribution in [3.63, 3.8) is 0 Å². The zero-order chi connectivity index (χ0) is 17.5. The van der Waals surface area contributed by atoms with E-state index in [2.05, 4.69) is 5.32 Å². The average Bonchev–Trinajstić information content (AvgIpc) is 2.56. The van der Waals surface area contributed by atoms with Gasteiger partial charge < -0.3 is 20.1 Å². The average molecular weight is 332 g/mol. The third kappa shape index (κ3) is 2.70. The van der Waals surface area contributed by atoms with Gasteiger partial charge in [0.15, 0.2) is 0 Å². The van der Waals surface area contributed by atoms with Crippen LogP contribution in [0.1, 0.15) is 43.7 Å². The molecule has 6 nitrogen and oxygen atoms in total. The van der Waals surface area contributed by atoms with Crippen LogP contribution in [-0.4, -0.2) is 35.2 Å². The minimum atomic E-state index is -0.741. The Bertz CT molecular complexity index is 678. The highest BCUT2D eigenvalue weighted by molar-refractivity contribution is 5.94. The molecule has 2 amide bonds. The quantitative estimate of drug-likeness (QED) is 0.889. The molecule has 2 aliphatic rings. The molecule has 1 fully saturated rings. The second kappa shape index (κ2) is 6.00. The van der Waals surface area contributed by atoms with Gasteiger partial charge in [-0.15, -0.1) is 0 Å². The summed E-state index contributed by atoms with van der Waals surface area (Å²) < 4.78 is 5.35. The number of benzene rings is 1. The fourth-order valence-electron chi connectivity index (χ4n) is 3.72. The van der Waals surface area contributed by atoms with Gasteiger partial charge in [-0.05, 0) is 51.2 Å². The zero-order valence-corrected chi connectivity index (χ0v) is 14.4. The number of carbonyl (C=O) groups is 2. The van der Waals surface area contributed by atoms with E-state index in [0.29, 0.717) is 38.0 Å². The summed E-state index contributed by atoms with van der Waals surface area (Å²) in [5.74, 6) is -0.0688. The van der Waals surface area contributed by atoms with E-state index < -0.39 is 11.4 Å². The number of aryl methyl sites for hydroxylation is 1. The number of carboxylic acids is 1. The summed E-state index contributed by atoms with van der Waals surface area (Å²) in [5, 5.41) is 12.3. The monoisotopic (exact) mass is 332 g/mol. The summed E-state index contributed by atoms with van der Waals surface area (Å²) >= 11 is 0. The van der Waals surface area contributed by atoms with E-state index in [1.54, 1.807) is 14.0 Å². The lowest BCUT2D eigenvalue weighted by molar-refractivity contribution is -0.150. The Balaban J connectivity index is 1.80. The largest absolute Gasteiger partial charge is 0.495 e. The third-order valence-corrected chi connectivity index (χ3v) is 5.57. The first-order valence-electron chi connectivity index (χ1n) is 8.33. The molecular formula is C18H24N2O4. The first-order valence-corrected chi connectivity index (χ1v) is 8.33. The van der Waals surface area contributed by atoms with Crippen LogP contribution in [-0.2, 0) is 11.3 Å². The topological polar surface area (TPSA) is 78.9 Å². The molecule has 24 heavy (non-hydrogen) atoms. The van der Waals surface area contributed by atoms with Crippen molar-refractivity contribution in [3.05, 3.63) is 23.3 Å². The van der Waals surface area contributed by atoms with E-state index in [0.717, 1.165) is 16.8 Å². The number of hydrogen-bond acceptors (Lipinski definition) is 3. The fraction of sp³-hybridized carbons (Fsp3) is 0.556. The molecule has 6 heteroatoms. The number of fused-ring (bicyclic) bond motifs is 1. The molecule has 1 aromatic rings. The lowest BCUT2D eigenvalue weighted by atomic mass is 9.73. The summed E-state index contributed by atoms with van der Waals surface area (Å²) in [4.78, 5) is 25.8. The summed E-state index contributed by atoms with van der Waals surface area (Å²) in [6.07, 6.45) is 2.63. The predicted molar refractivity (Wildman–Crippen MR) is 90.3 cm³/mol. The van der Waals surface area contributed by atoms with Gasteiger partial charge in [0.1, 0.15) is 5.75 Å². The van der Waals surface area contributed by atoms with E-state index in [4.69, 9.17) is 4.74 Å². The summed E-state index contributed by atoms with van der Waals surface area (Å²) in [6.45, 7) is 4.36. The second-order valence-corrected chi connectivity index (χ2v) is 7.09. The van der Waals surface area contributed by atoms with Crippen LogP contribution in [0, 0.1) is 12.3 Å². The molecule has 0 spiro atoms. The maximum absolute atomic E-state index is 12.6. The molecular weight excluding hydrogens is 308 g/mol. The Morgan fingerprint density at radius 3 is 2.62 bits per heavy atom. The van der Waals surface area contributed by atoms with Crippen molar-refractivity contribution in [3.8, 4) is 5.75 Å². The van der Waals surface area contributed by atoms with Gasteiger partial charge in [0, 0.05) is 11.6 Å². The van der Waals surface area contributed by atoms with Crippen LogP contribution in [0.5, 0.6) is 5.75 Å². The number of hydrogen-bond donors (Lipinski definition) is 2. The fourth-order valence-corrected chi connectivity index (χ4v) is 3.72. The number of urea groups is 1. The standard InChI is InChI=1S/C18H24N2O4/c1-11-4-5-14(24-3)15-13(11)10-20(17(23)19-15)12-6-8-18(2,9-7-12)16(21)22/h4-5,12H,6-10H2,1-3H3,(H,19,23)(H,21,22). The Kier molecular flexibility index (Phi) is 4.15. The molecule has 0 bridgehead atoms. The second-order valence-electron chi connectivity index (χ2n) is 7.09. The van der Waals surface area contributed by atoms with E-state index in [-0.39, 0.29) is 12.1 Å². The highest BCUT2D eigenvalue weighted by atomic mass is 16.5. The highest BCUT2D eigenvalue weighted by Crippen LogP contribution is 2.41. The number of nitrogens with zero attached hydrogens (tertiary/aromatic N) is 1. The molecule has 0 saturated heterocycles. The predicted octanol–water partition coefficient (Wildman–Crippen LogP) is 3.38. The molecule has 1 aliphatic heterocycles. The van der Waals surface area contributed by atoms with Gasteiger partial charge in [-0.1, -0.05) is 6.07 Å². The molecule has 2 N–H and O–H groups in total. The number of carbonyl (C=O) groups excluding carboxylic acids is 1. The van der Waals surface area contributed by atoms with Crippen molar-refractivity contribution in [2.24, 2.45) is 5.41 Å². The van der Waals surface area contributed by atoms with Gasteiger partial charge in [0.05, 0.1) is 24.8 Å². The maximum atomic E-state index is 12.6. The van der Waals surface area contributed by atoms with Gasteiger partial charge in [-0.2, -0.15) is 0 Å². The number of amides is 2. The van der Waals surface area contributed by atoms with Crippen LogP contribution in [0.2, 0.25) is 0 Å². The lowest BCUT2D eigenvalue weighted by Crippen LogP contribution is -2.48. The number of methoxy groups -OCH3 is 1. The highest BCUT2D eigenvalue weighted by Gasteiger charge is 2.41. The summed E-state index contributed by atoms with van der Waals surface area (Å²) in [7, 11) is 1.59. The van der Waals surface area contributed by atoms with Gasteiger partial charge in [0.25, 0.3) is 0 Å². The minimum absolute atomic E-state index is 0.0798. The summed E-state index contributed by atoms with van der Waals surface area (Å²) in [6, 6.07) is 3.81. The number of carboxylic acid groups (broad SMARTS) is 1. The first-order chi connectivity index (χ1) is 11.4. The molecule has 0 atom stereocenters. The van der Waals surface area contributed by atoms with Crippen LogP contribution in [0.25, 0.3) is 0 Å². The van der Waals surface area contributed by atoms with Crippen molar-refractivity contribution in [2.75, 3.05) is 12.4 Å². The van der Waals surface area contributed by atoms with Crippen molar-refractivity contribution in [1.29, 1.82) is 0 Å². The van der Waals surface area contributed by atoms with E-state index in [1.807, 2.05) is 24.0 Å². The minimum Gasteiger partial charge on any atom is -0.495 e. The summed E-state index contributed by atoms with van der Waals surface area (Å²) in [5.41, 5.74) is 2.27. The van der Waals surface area contributed by atoms with Crippen molar-refractivity contribution >= 4 is 17.7 Å². The smallest absolute Gasteiger partial charge is 0.322 e. The molecule has 1 aromatic carbocycles. The van der Waals surface area contributed by atoms with Crippen LogP contribution in [0.4, 0.5) is 10.5 Å². The van der Waals surface area contributed by atoms with Crippen LogP contribution < -0.4 is 10.1 Å². The lowest BCUT2D eigenvalue weighted by Gasteiger charge is -2.42. The van der Waals surface area contributed by atoms with E-state index in [1.165, 1.54) is 0 Å². The van der Waals surface area contributed by atoms with Crippen molar-refractivity contribution in [2.45, 2.75) is 52.1 Å². The van der Waals surface area contributed by atoms with Crippen LogP contribution >= 0.6 is 0 Å². The van der Waals surface area contributed by atoms with Crippen molar-refractivity contribution < 1.29 is 19.4 Å². The molecule has 0 aromatic heterocycles. The number of nitrogens with one attached hydrogen (secondary N) is 1. The molecule has 1 saturated carbocycles. The van der Waals surface area contributed by atoms with Crippen LogP contribution in [0.15, 0.2) is 12.1 Å². The third-order valence-electron chi connectivity index (χ3n) is 5.57. The molecule has 3 rings (SSSR count).